The summed E-state index contributed by atoms with van der Waals surface area (Å²) in [4.78, 5) is 0. The Morgan fingerprint density at radius 3 is 2.63 bits per heavy atom. The van der Waals surface area contributed by atoms with Crippen molar-refractivity contribution in [2.75, 3.05) is 19.6 Å². The van der Waals surface area contributed by atoms with E-state index in [2.05, 4.69) is 66.9 Å². The van der Waals surface area contributed by atoms with E-state index in [1.54, 1.807) is 0 Å². The molecule has 0 radical (unpaired) electrons. The van der Waals surface area contributed by atoms with Crippen LogP contribution in [0.4, 0.5) is 0 Å². The van der Waals surface area contributed by atoms with Crippen molar-refractivity contribution in [2.45, 2.75) is 26.3 Å². The number of likely N-dealkylation sites (N-methyl/N-ethyl adjacent to an activating group) is 1. The summed E-state index contributed by atoms with van der Waals surface area (Å²) in [6, 6.07) is 15.8. The molecular formula is C17H24N2. The van der Waals surface area contributed by atoms with E-state index < -0.39 is 0 Å². The number of nitrogens with one attached hydrogen (secondary N) is 2. The van der Waals surface area contributed by atoms with Crippen LogP contribution in [0.1, 0.15) is 19.4 Å². The lowest BCUT2D eigenvalue weighted by Gasteiger charge is -2.14. The Labute approximate surface area is 116 Å². The summed E-state index contributed by atoms with van der Waals surface area (Å²) in [5, 5.41) is 9.56. The van der Waals surface area contributed by atoms with E-state index in [1.807, 2.05) is 0 Å². The Bertz CT molecular complexity index is 507. The minimum Gasteiger partial charge on any atom is -0.315 e. The van der Waals surface area contributed by atoms with E-state index in [4.69, 9.17) is 0 Å². The summed E-state index contributed by atoms with van der Waals surface area (Å²) in [6.07, 6.45) is 1.08. The third-order valence-electron chi connectivity index (χ3n) is 3.42. The largest absolute Gasteiger partial charge is 0.315 e. The van der Waals surface area contributed by atoms with Crippen LogP contribution in [-0.4, -0.2) is 25.7 Å². The van der Waals surface area contributed by atoms with Gasteiger partial charge in [0.15, 0.2) is 0 Å². The summed E-state index contributed by atoms with van der Waals surface area (Å²) in [5.74, 6) is 0. The fraction of sp³-hybridized carbons (Fsp3) is 0.412. The Morgan fingerprint density at radius 1 is 1.05 bits per heavy atom. The molecule has 0 bridgehead atoms. The molecule has 2 N–H and O–H groups in total. The standard InChI is InChI=1S/C17H24N2/c1-3-18-13-14(2)19-11-10-15-8-9-16-6-4-5-7-17(16)12-15/h4-9,12,14,18-19H,3,10-11,13H2,1-2H3. The molecule has 2 rings (SSSR count). The normalized spacial score (nSPS) is 12.7. The van der Waals surface area contributed by atoms with Gasteiger partial charge in [0, 0.05) is 12.6 Å². The van der Waals surface area contributed by atoms with Gasteiger partial charge in [-0.2, -0.15) is 0 Å². The molecule has 19 heavy (non-hydrogen) atoms. The number of hydrogen-bond acceptors (Lipinski definition) is 2. The van der Waals surface area contributed by atoms with Crippen molar-refractivity contribution in [3.05, 3.63) is 48.0 Å². The molecule has 1 atom stereocenters. The molecule has 0 saturated carbocycles. The first kappa shape index (κ1) is 14.0. The first-order valence-corrected chi connectivity index (χ1v) is 7.21. The topological polar surface area (TPSA) is 24.1 Å². The predicted octanol–water partition coefficient (Wildman–Crippen LogP) is 2.97. The minimum atomic E-state index is 0.528. The number of rotatable bonds is 7. The fourth-order valence-electron chi connectivity index (χ4n) is 2.29. The zero-order valence-electron chi connectivity index (χ0n) is 11.9. The molecule has 1 unspecified atom stereocenters. The third-order valence-corrected chi connectivity index (χ3v) is 3.42. The molecule has 0 aliphatic rings. The van der Waals surface area contributed by atoms with E-state index in [0.717, 1.165) is 26.1 Å². The number of hydrogen-bond donors (Lipinski definition) is 2. The maximum Gasteiger partial charge on any atom is 0.0164 e. The van der Waals surface area contributed by atoms with Gasteiger partial charge in [0.05, 0.1) is 0 Å². The second-order valence-electron chi connectivity index (χ2n) is 5.09. The summed E-state index contributed by atoms with van der Waals surface area (Å²) >= 11 is 0. The van der Waals surface area contributed by atoms with Crippen molar-refractivity contribution in [3.63, 3.8) is 0 Å². The van der Waals surface area contributed by atoms with Crippen LogP contribution in [0.25, 0.3) is 10.8 Å². The molecule has 0 amide bonds. The molecule has 0 heterocycles. The van der Waals surface area contributed by atoms with Gasteiger partial charge in [0.2, 0.25) is 0 Å². The zero-order valence-corrected chi connectivity index (χ0v) is 11.9. The van der Waals surface area contributed by atoms with Gasteiger partial charge in [-0.1, -0.05) is 49.4 Å². The molecule has 2 heteroatoms. The maximum absolute atomic E-state index is 3.55. The first-order chi connectivity index (χ1) is 9.29. The molecule has 2 aromatic carbocycles. The highest BCUT2D eigenvalue weighted by Crippen LogP contribution is 2.15. The van der Waals surface area contributed by atoms with Crippen LogP contribution in [0.5, 0.6) is 0 Å². The number of fused-ring (bicyclic) bond motifs is 1. The van der Waals surface area contributed by atoms with E-state index >= 15 is 0 Å². The summed E-state index contributed by atoms with van der Waals surface area (Å²) in [7, 11) is 0. The van der Waals surface area contributed by atoms with Gasteiger partial charge in [-0.15, -0.1) is 0 Å². The molecule has 102 valence electrons. The molecule has 0 aromatic heterocycles. The summed E-state index contributed by atoms with van der Waals surface area (Å²) in [5.41, 5.74) is 1.40. The van der Waals surface area contributed by atoms with Crippen LogP contribution in [0.15, 0.2) is 42.5 Å². The lowest BCUT2D eigenvalue weighted by molar-refractivity contribution is 0.512. The molecule has 0 saturated heterocycles. The van der Waals surface area contributed by atoms with Gasteiger partial charge in [0.25, 0.3) is 0 Å². The average molecular weight is 256 g/mol. The van der Waals surface area contributed by atoms with E-state index in [0.29, 0.717) is 6.04 Å². The highest BCUT2D eigenvalue weighted by atomic mass is 15.0. The SMILES string of the molecule is CCNCC(C)NCCc1ccc2ccccc2c1. The molecule has 0 aliphatic carbocycles. The minimum absolute atomic E-state index is 0.528. The van der Waals surface area contributed by atoms with Gasteiger partial charge >= 0.3 is 0 Å². The van der Waals surface area contributed by atoms with Crippen molar-refractivity contribution in [1.29, 1.82) is 0 Å². The monoisotopic (exact) mass is 256 g/mol. The average Bonchev–Trinajstić information content (AvgIpc) is 2.45. The molecule has 0 spiro atoms. The van der Waals surface area contributed by atoms with Crippen LogP contribution in [0, 0.1) is 0 Å². The second-order valence-corrected chi connectivity index (χ2v) is 5.09. The Kier molecular flexibility index (Phi) is 5.37. The third kappa shape index (κ3) is 4.34. The van der Waals surface area contributed by atoms with Crippen LogP contribution in [0.2, 0.25) is 0 Å². The fourth-order valence-corrected chi connectivity index (χ4v) is 2.29. The van der Waals surface area contributed by atoms with Gasteiger partial charge < -0.3 is 10.6 Å². The first-order valence-electron chi connectivity index (χ1n) is 7.21. The second kappa shape index (κ2) is 7.27. The van der Waals surface area contributed by atoms with Gasteiger partial charge in [-0.05, 0) is 42.8 Å². The van der Waals surface area contributed by atoms with E-state index in [9.17, 15) is 0 Å². The zero-order chi connectivity index (χ0) is 13.5. The van der Waals surface area contributed by atoms with Gasteiger partial charge in [-0.3, -0.25) is 0 Å². The van der Waals surface area contributed by atoms with Crippen molar-refractivity contribution in [1.82, 2.24) is 10.6 Å². The molecule has 2 aromatic rings. The quantitative estimate of drug-likeness (QED) is 0.796. The van der Waals surface area contributed by atoms with E-state index in [-0.39, 0.29) is 0 Å². The van der Waals surface area contributed by atoms with Crippen molar-refractivity contribution in [3.8, 4) is 0 Å². The Balaban J connectivity index is 1.84. The Hall–Kier alpha value is -1.38. The van der Waals surface area contributed by atoms with Gasteiger partial charge in [-0.25, -0.2) is 0 Å². The van der Waals surface area contributed by atoms with Crippen LogP contribution in [0.3, 0.4) is 0 Å². The van der Waals surface area contributed by atoms with E-state index in [1.165, 1.54) is 16.3 Å². The lowest BCUT2D eigenvalue weighted by atomic mass is 10.1. The van der Waals surface area contributed by atoms with Crippen molar-refractivity contribution in [2.24, 2.45) is 0 Å². The Morgan fingerprint density at radius 2 is 1.84 bits per heavy atom. The highest BCUT2D eigenvalue weighted by molar-refractivity contribution is 5.82. The van der Waals surface area contributed by atoms with Crippen LogP contribution >= 0.6 is 0 Å². The maximum atomic E-state index is 3.55. The summed E-state index contributed by atoms with van der Waals surface area (Å²) in [6.45, 7) is 7.47. The van der Waals surface area contributed by atoms with Crippen LogP contribution < -0.4 is 10.6 Å². The van der Waals surface area contributed by atoms with Gasteiger partial charge in [0.1, 0.15) is 0 Å². The highest BCUT2D eigenvalue weighted by Gasteiger charge is 2.00. The predicted molar refractivity (Wildman–Crippen MR) is 83.7 cm³/mol. The smallest absolute Gasteiger partial charge is 0.0164 e. The lowest BCUT2D eigenvalue weighted by Crippen LogP contribution is -2.37. The molecule has 0 fully saturated rings. The molecular weight excluding hydrogens is 232 g/mol. The van der Waals surface area contributed by atoms with Crippen molar-refractivity contribution >= 4 is 10.8 Å². The number of benzene rings is 2. The van der Waals surface area contributed by atoms with Crippen LogP contribution in [-0.2, 0) is 6.42 Å². The van der Waals surface area contributed by atoms with Crippen molar-refractivity contribution < 1.29 is 0 Å². The molecule has 2 nitrogen and oxygen atoms in total. The molecule has 0 aliphatic heterocycles. The summed E-state index contributed by atoms with van der Waals surface area (Å²) < 4.78 is 0.